The predicted molar refractivity (Wildman–Crippen MR) is 80.1 cm³/mol. The Morgan fingerprint density at radius 2 is 1.89 bits per heavy atom. The molecule has 0 radical (unpaired) electrons. The number of rotatable bonds is 2. The Labute approximate surface area is 115 Å². The van der Waals surface area contributed by atoms with Crippen molar-refractivity contribution in [3.05, 3.63) is 40.8 Å². The van der Waals surface area contributed by atoms with Crippen molar-refractivity contribution < 1.29 is 0 Å². The van der Waals surface area contributed by atoms with Gasteiger partial charge < -0.3 is 10.7 Å². The van der Waals surface area contributed by atoms with E-state index in [0.29, 0.717) is 6.54 Å². The van der Waals surface area contributed by atoms with Gasteiger partial charge in [-0.25, -0.2) is 4.98 Å². The first-order valence-electron chi connectivity index (χ1n) is 6.70. The van der Waals surface area contributed by atoms with Gasteiger partial charge in [-0.3, -0.25) is 0 Å². The van der Waals surface area contributed by atoms with E-state index < -0.39 is 0 Å². The largest absolute Gasteiger partial charge is 0.344 e. The molecule has 0 aliphatic heterocycles. The van der Waals surface area contributed by atoms with Gasteiger partial charge in [0, 0.05) is 11.3 Å². The minimum absolute atomic E-state index is 0.142. The van der Waals surface area contributed by atoms with Gasteiger partial charge in [0.05, 0.1) is 12.2 Å². The third-order valence-corrected chi connectivity index (χ3v) is 3.49. The molecule has 3 nitrogen and oxygen atoms in total. The van der Waals surface area contributed by atoms with Gasteiger partial charge in [0.15, 0.2) is 0 Å². The number of hydrogen-bond acceptors (Lipinski definition) is 2. The van der Waals surface area contributed by atoms with Crippen LogP contribution in [0.2, 0.25) is 0 Å². The first-order valence-corrected chi connectivity index (χ1v) is 6.70. The highest BCUT2D eigenvalue weighted by atomic mass is 15.0. The lowest BCUT2D eigenvalue weighted by Gasteiger charge is -2.20. The van der Waals surface area contributed by atoms with E-state index in [1.54, 1.807) is 0 Å². The Kier molecular flexibility index (Phi) is 3.50. The highest BCUT2D eigenvalue weighted by Crippen LogP contribution is 2.30. The molecule has 0 amide bonds. The number of imidazole rings is 1. The number of aromatic nitrogens is 2. The molecule has 1 aromatic heterocycles. The summed E-state index contributed by atoms with van der Waals surface area (Å²) in [5.74, 6) is 0.841. The maximum Gasteiger partial charge on any atom is 0.120 e. The van der Waals surface area contributed by atoms with Gasteiger partial charge in [0.1, 0.15) is 5.82 Å². The quantitative estimate of drug-likeness (QED) is 0.865. The van der Waals surface area contributed by atoms with Crippen LogP contribution in [-0.2, 0) is 12.0 Å². The van der Waals surface area contributed by atoms with Crippen molar-refractivity contribution in [1.29, 1.82) is 0 Å². The number of hydrogen-bond donors (Lipinski definition) is 2. The van der Waals surface area contributed by atoms with E-state index >= 15 is 0 Å². The maximum absolute atomic E-state index is 5.65. The van der Waals surface area contributed by atoms with Crippen LogP contribution in [0.15, 0.2) is 18.2 Å². The second-order valence-corrected chi connectivity index (χ2v) is 6.14. The van der Waals surface area contributed by atoms with Crippen molar-refractivity contribution in [2.24, 2.45) is 5.73 Å². The fourth-order valence-corrected chi connectivity index (χ4v) is 2.22. The maximum atomic E-state index is 5.65. The molecule has 0 saturated carbocycles. The minimum atomic E-state index is 0.142. The molecule has 3 N–H and O–H groups in total. The molecule has 0 saturated heterocycles. The summed E-state index contributed by atoms with van der Waals surface area (Å²) in [6, 6.07) is 6.62. The molecule has 1 aromatic carbocycles. The average Bonchev–Trinajstić information content (AvgIpc) is 2.69. The third-order valence-electron chi connectivity index (χ3n) is 3.49. The molecular weight excluding hydrogens is 234 g/mol. The van der Waals surface area contributed by atoms with Crippen LogP contribution < -0.4 is 5.73 Å². The van der Waals surface area contributed by atoms with Crippen LogP contribution in [0.4, 0.5) is 0 Å². The zero-order valence-electron chi connectivity index (χ0n) is 12.5. The number of nitrogens with two attached hydrogens (primary N) is 1. The lowest BCUT2D eigenvalue weighted by molar-refractivity contribution is 0.590. The summed E-state index contributed by atoms with van der Waals surface area (Å²) in [6.07, 6.45) is 0. The van der Waals surface area contributed by atoms with Crippen molar-refractivity contribution in [2.75, 3.05) is 0 Å². The average molecular weight is 257 g/mol. The lowest BCUT2D eigenvalue weighted by atomic mass is 9.85. The van der Waals surface area contributed by atoms with E-state index in [9.17, 15) is 0 Å². The van der Waals surface area contributed by atoms with E-state index in [1.807, 2.05) is 6.92 Å². The third kappa shape index (κ3) is 2.71. The highest BCUT2D eigenvalue weighted by Gasteiger charge is 2.17. The summed E-state index contributed by atoms with van der Waals surface area (Å²) >= 11 is 0. The number of nitrogens with one attached hydrogen (secondary N) is 1. The summed E-state index contributed by atoms with van der Waals surface area (Å²) in [7, 11) is 0. The van der Waals surface area contributed by atoms with Crippen molar-refractivity contribution in [1.82, 2.24) is 9.97 Å². The lowest BCUT2D eigenvalue weighted by Crippen LogP contribution is -2.11. The van der Waals surface area contributed by atoms with Gasteiger partial charge in [-0.1, -0.05) is 32.9 Å². The van der Waals surface area contributed by atoms with Crippen LogP contribution in [0.5, 0.6) is 0 Å². The molecule has 0 fully saturated rings. The number of benzene rings is 1. The van der Waals surface area contributed by atoms with Crippen molar-refractivity contribution in [3.63, 3.8) is 0 Å². The van der Waals surface area contributed by atoms with Crippen LogP contribution in [0.25, 0.3) is 11.3 Å². The zero-order valence-corrected chi connectivity index (χ0v) is 12.5. The topological polar surface area (TPSA) is 54.7 Å². The normalized spacial score (nSPS) is 11.9. The SMILES string of the molecule is Cc1ccc(C(C)(C)C)cc1-c1nc(CN)[nH]c1C. The summed E-state index contributed by atoms with van der Waals surface area (Å²) in [5, 5.41) is 0. The standard InChI is InChI=1S/C16H23N3/c1-10-6-7-12(16(3,4)5)8-13(10)15-11(2)18-14(9-17)19-15/h6-8H,9,17H2,1-5H3,(H,18,19). The molecular formula is C16H23N3. The predicted octanol–water partition coefficient (Wildman–Crippen LogP) is 3.45. The molecule has 2 rings (SSSR count). The molecule has 2 aromatic rings. The van der Waals surface area contributed by atoms with E-state index in [2.05, 4.69) is 55.9 Å². The summed E-state index contributed by atoms with van der Waals surface area (Å²) < 4.78 is 0. The van der Waals surface area contributed by atoms with Crippen LogP contribution in [0, 0.1) is 13.8 Å². The minimum Gasteiger partial charge on any atom is -0.344 e. The van der Waals surface area contributed by atoms with Gasteiger partial charge in [-0.2, -0.15) is 0 Å². The summed E-state index contributed by atoms with van der Waals surface area (Å²) in [5.41, 5.74) is 11.7. The molecule has 0 unspecified atom stereocenters. The van der Waals surface area contributed by atoms with Crippen LogP contribution in [-0.4, -0.2) is 9.97 Å². The first-order chi connectivity index (χ1) is 8.82. The second kappa shape index (κ2) is 4.82. The monoisotopic (exact) mass is 257 g/mol. The fraction of sp³-hybridized carbons (Fsp3) is 0.438. The summed E-state index contributed by atoms with van der Waals surface area (Å²) in [6.45, 7) is 11.3. The molecule has 19 heavy (non-hydrogen) atoms. The smallest absolute Gasteiger partial charge is 0.120 e. The van der Waals surface area contributed by atoms with Gasteiger partial charge >= 0.3 is 0 Å². The number of H-pyrrole nitrogens is 1. The Balaban J connectivity index is 2.57. The number of nitrogens with zero attached hydrogens (tertiary/aromatic N) is 1. The van der Waals surface area contributed by atoms with Crippen LogP contribution >= 0.6 is 0 Å². The molecule has 0 atom stereocenters. The Morgan fingerprint density at radius 3 is 2.42 bits per heavy atom. The van der Waals surface area contributed by atoms with Gasteiger partial charge in [0.25, 0.3) is 0 Å². The Morgan fingerprint density at radius 1 is 1.21 bits per heavy atom. The van der Waals surface area contributed by atoms with Crippen molar-refractivity contribution in [3.8, 4) is 11.3 Å². The van der Waals surface area contributed by atoms with E-state index in [-0.39, 0.29) is 5.41 Å². The number of aromatic amines is 1. The molecule has 102 valence electrons. The molecule has 1 heterocycles. The van der Waals surface area contributed by atoms with Gasteiger partial charge in [-0.05, 0) is 36.5 Å². The molecule has 0 aliphatic carbocycles. The van der Waals surface area contributed by atoms with Crippen molar-refractivity contribution >= 4 is 0 Å². The van der Waals surface area contributed by atoms with E-state index in [0.717, 1.165) is 17.2 Å². The second-order valence-electron chi connectivity index (χ2n) is 6.14. The van der Waals surface area contributed by atoms with E-state index in [4.69, 9.17) is 5.73 Å². The molecule has 0 bridgehead atoms. The zero-order chi connectivity index (χ0) is 14.2. The molecule has 3 heteroatoms. The number of aryl methyl sites for hydroxylation is 2. The molecule has 0 aliphatic rings. The summed E-state index contributed by atoms with van der Waals surface area (Å²) in [4.78, 5) is 7.84. The van der Waals surface area contributed by atoms with E-state index in [1.165, 1.54) is 16.7 Å². The van der Waals surface area contributed by atoms with Gasteiger partial charge in [-0.15, -0.1) is 0 Å². The highest BCUT2D eigenvalue weighted by molar-refractivity contribution is 5.67. The Bertz CT molecular complexity index is 589. The first kappa shape index (κ1) is 13.8. The fourth-order valence-electron chi connectivity index (χ4n) is 2.22. The molecule has 0 spiro atoms. The van der Waals surface area contributed by atoms with Crippen molar-refractivity contribution in [2.45, 2.75) is 46.6 Å². The Hall–Kier alpha value is -1.61. The van der Waals surface area contributed by atoms with Gasteiger partial charge in [0.2, 0.25) is 0 Å². The van der Waals surface area contributed by atoms with Crippen LogP contribution in [0.1, 0.15) is 43.4 Å². The van der Waals surface area contributed by atoms with Crippen LogP contribution in [0.3, 0.4) is 0 Å².